The summed E-state index contributed by atoms with van der Waals surface area (Å²) in [5.74, 6) is 0.990. The Balaban J connectivity index is 1.76. The predicted octanol–water partition coefficient (Wildman–Crippen LogP) is 3.90. The Kier molecular flexibility index (Phi) is 4.87. The first-order chi connectivity index (χ1) is 9.05. The van der Waals surface area contributed by atoms with E-state index in [1.807, 2.05) is 0 Å². The van der Waals surface area contributed by atoms with Gasteiger partial charge in [-0.2, -0.15) is 0 Å². The van der Waals surface area contributed by atoms with E-state index in [1.54, 1.807) is 0 Å². The minimum Gasteiger partial charge on any atom is -0.494 e. The van der Waals surface area contributed by atoms with Gasteiger partial charge in [0.05, 0.1) is 6.61 Å². The molecule has 0 aliphatic carbocycles. The quantitative estimate of drug-likeness (QED) is 0.887. The minimum absolute atomic E-state index is 0.213. The van der Waals surface area contributed by atoms with Gasteiger partial charge in [0.25, 0.3) is 0 Å². The number of ether oxygens (including phenoxy) is 1. The summed E-state index contributed by atoms with van der Waals surface area (Å²) in [4.78, 5) is 0. The largest absolute Gasteiger partial charge is 0.494 e. The summed E-state index contributed by atoms with van der Waals surface area (Å²) in [6.45, 7) is 8.68. The smallest absolute Gasteiger partial charge is 0.119 e. The maximum absolute atomic E-state index is 5.84. The van der Waals surface area contributed by atoms with Crippen LogP contribution in [0.4, 0.5) is 0 Å². The third-order valence-electron chi connectivity index (χ3n) is 3.87. The van der Waals surface area contributed by atoms with Gasteiger partial charge in [-0.25, -0.2) is 0 Å². The van der Waals surface area contributed by atoms with Gasteiger partial charge < -0.3 is 10.1 Å². The van der Waals surface area contributed by atoms with Crippen molar-refractivity contribution in [1.82, 2.24) is 5.32 Å². The first-order valence-electron chi connectivity index (χ1n) is 7.52. The summed E-state index contributed by atoms with van der Waals surface area (Å²) in [5.41, 5.74) is 1.57. The molecule has 1 aromatic rings. The van der Waals surface area contributed by atoms with Crippen LogP contribution in [-0.4, -0.2) is 19.2 Å². The fourth-order valence-corrected chi connectivity index (χ4v) is 2.54. The third kappa shape index (κ3) is 4.54. The fourth-order valence-electron chi connectivity index (χ4n) is 2.54. The molecule has 1 aliphatic rings. The second-order valence-electron chi connectivity index (χ2n) is 6.56. The molecule has 1 aromatic carbocycles. The molecule has 0 unspecified atom stereocenters. The summed E-state index contributed by atoms with van der Waals surface area (Å²) in [5, 5.41) is 3.55. The van der Waals surface area contributed by atoms with Crippen LogP contribution in [0.2, 0.25) is 0 Å². The molecule has 0 bridgehead atoms. The van der Waals surface area contributed by atoms with Gasteiger partial charge in [0.15, 0.2) is 0 Å². The Hall–Kier alpha value is -1.02. The van der Waals surface area contributed by atoms with Crippen LogP contribution >= 0.6 is 0 Å². The Morgan fingerprint density at radius 3 is 2.47 bits per heavy atom. The van der Waals surface area contributed by atoms with Crippen molar-refractivity contribution in [3.63, 3.8) is 0 Å². The van der Waals surface area contributed by atoms with Crippen molar-refractivity contribution in [2.75, 3.05) is 13.2 Å². The molecule has 1 aliphatic heterocycles. The second-order valence-corrected chi connectivity index (χ2v) is 6.56. The van der Waals surface area contributed by atoms with Crippen LogP contribution in [0.3, 0.4) is 0 Å². The molecule has 1 atom stereocenters. The van der Waals surface area contributed by atoms with E-state index in [4.69, 9.17) is 4.74 Å². The van der Waals surface area contributed by atoms with Crippen LogP contribution in [0, 0.1) is 0 Å². The number of hydrogen-bond donors (Lipinski definition) is 1. The molecule has 2 heteroatoms. The van der Waals surface area contributed by atoms with E-state index in [1.165, 1.54) is 31.4 Å². The van der Waals surface area contributed by atoms with Crippen molar-refractivity contribution in [2.24, 2.45) is 0 Å². The van der Waals surface area contributed by atoms with Gasteiger partial charge in [0.2, 0.25) is 0 Å². The maximum atomic E-state index is 5.84. The number of rotatable bonds is 4. The Bertz CT molecular complexity index is 371. The molecule has 19 heavy (non-hydrogen) atoms. The number of benzene rings is 1. The SMILES string of the molecule is CC(C)(C)c1ccc(OCC[C@H]2CCCCN2)cc1. The lowest BCUT2D eigenvalue weighted by Gasteiger charge is -2.23. The van der Waals surface area contributed by atoms with Crippen molar-refractivity contribution in [3.05, 3.63) is 29.8 Å². The normalized spacial score (nSPS) is 20.3. The van der Waals surface area contributed by atoms with Crippen LogP contribution in [0.15, 0.2) is 24.3 Å². The molecule has 1 heterocycles. The zero-order valence-electron chi connectivity index (χ0n) is 12.5. The maximum Gasteiger partial charge on any atom is 0.119 e. The van der Waals surface area contributed by atoms with E-state index in [9.17, 15) is 0 Å². The lowest BCUT2D eigenvalue weighted by molar-refractivity contribution is 0.268. The highest BCUT2D eigenvalue weighted by molar-refractivity contribution is 5.31. The van der Waals surface area contributed by atoms with E-state index in [0.717, 1.165) is 18.8 Å². The molecule has 1 fully saturated rings. The van der Waals surface area contributed by atoms with Gasteiger partial charge in [-0.15, -0.1) is 0 Å². The summed E-state index contributed by atoms with van der Waals surface area (Å²) in [7, 11) is 0. The standard InChI is InChI=1S/C17H27NO/c1-17(2,3)14-7-9-16(10-8-14)19-13-11-15-6-4-5-12-18-15/h7-10,15,18H,4-6,11-13H2,1-3H3/t15-/m1/s1. The van der Waals surface area contributed by atoms with Gasteiger partial charge >= 0.3 is 0 Å². The van der Waals surface area contributed by atoms with Crippen molar-refractivity contribution in [3.8, 4) is 5.75 Å². The topological polar surface area (TPSA) is 21.3 Å². The van der Waals surface area contributed by atoms with Crippen LogP contribution < -0.4 is 10.1 Å². The number of piperidine rings is 1. The minimum atomic E-state index is 0.213. The predicted molar refractivity (Wildman–Crippen MR) is 80.9 cm³/mol. The van der Waals surface area contributed by atoms with E-state index in [2.05, 4.69) is 50.4 Å². The molecular weight excluding hydrogens is 234 g/mol. The van der Waals surface area contributed by atoms with Gasteiger partial charge in [-0.05, 0) is 48.9 Å². The van der Waals surface area contributed by atoms with E-state index < -0.39 is 0 Å². The van der Waals surface area contributed by atoms with Gasteiger partial charge in [0, 0.05) is 6.04 Å². The molecule has 1 N–H and O–H groups in total. The second kappa shape index (κ2) is 6.42. The van der Waals surface area contributed by atoms with E-state index in [0.29, 0.717) is 6.04 Å². The van der Waals surface area contributed by atoms with Crippen molar-refractivity contribution in [1.29, 1.82) is 0 Å². The third-order valence-corrected chi connectivity index (χ3v) is 3.87. The lowest BCUT2D eigenvalue weighted by Crippen LogP contribution is -2.35. The molecule has 0 saturated carbocycles. The number of hydrogen-bond acceptors (Lipinski definition) is 2. The summed E-state index contributed by atoms with van der Waals surface area (Å²) in [6, 6.07) is 9.19. The van der Waals surface area contributed by atoms with Crippen LogP contribution in [-0.2, 0) is 5.41 Å². The zero-order chi connectivity index (χ0) is 13.7. The summed E-state index contributed by atoms with van der Waals surface area (Å²) >= 11 is 0. The molecule has 2 rings (SSSR count). The zero-order valence-corrected chi connectivity index (χ0v) is 12.5. The monoisotopic (exact) mass is 261 g/mol. The fraction of sp³-hybridized carbons (Fsp3) is 0.647. The highest BCUT2D eigenvalue weighted by atomic mass is 16.5. The van der Waals surface area contributed by atoms with Crippen molar-refractivity contribution >= 4 is 0 Å². The average Bonchev–Trinajstić information content (AvgIpc) is 2.39. The highest BCUT2D eigenvalue weighted by Gasteiger charge is 2.14. The molecule has 0 amide bonds. The highest BCUT2D eigenvalue weighted by Crippen LogP contribution is 2.24. The van der Waals surface area contributed by atoms with Crippen LogP contribution in [0.25, 0.3) is 0 Å². The Morgan fingerprint density at radius 1 is 1.16 bits per heavy atom. The van der Waals surface area contributed by atoms with Gasteiger partial charge in [-0.3, -0.25) is 0 Å². The molecule has 0 spiro atoms. The average molecular weight is 261 g/mol. The molecule has 0 radical (unpaired) electrons. The molecule has 106 valence electrons. The van der Waals surface area contributed by atoms with E-state index >= 15 is 0 Å². The first kappa shape index (κ1) is 14.4. The Labute approximate surface area is 117 Å². The van der Waals surface area contributed by atoms with Crippen molar-refractivity contribution < 1.29 is 4.74 Å². The molecule has 1 saturated heterocycles. The Morgan fingerprint density at radius 2 is 1.89 bits per heavy atom. The lowest BCUT2D eigenvalue weighted by atomic mass is 9.87. The number of nitrogens with one attached hydrogen (secondary N) is 1. The van der Waals surface area contributed by atoms with Crippen molar-refractivity contribution in [2.45, 2.75) is 57.9 Å². The van der Waals surface area contributed by atoms with Crippen LogP contribution in [0.5, 0.6) is 5.75 Å². The first-order valence-corrected chi connectivity index (χ1v) is 7.52. The summed E-state index contributed by atoms with van der Waals surface area (Å²) < 4.78 is 5.84. The molecule has 2 nitrogen and oxygen atoms in total. The van der Waals surface area contributed by atoms with E-state index in [-0.39, 0.29) is 5.41 Å². The molecular formula is C17H27NO. The van der Waals surface area contributed by atoms with Gasteiger partial charge in [0.1, 0.15) is 5.75 Å². The summed E-state index contributed by atoms with van der Waals surface area (Å²) in [6.07, 6.45) is 5.09. The van der Waals surface area contributed by atoms with Crippen LogP contribution in [0.1, 0.15) is 52.0 Å². The molecule has 0 aromatic heterocycles. The van der Waals surface area contributed by atoms with Gasteiger partial charge in [-0.1, -0.05) is 39.3 Å².